The van der Waals surface area contributed by atoms with Crippen LogP contribution in [0.3, 0.4) is 0 Å². The fourth-order valence-corrected chi connectivity index (χ4v) is 3.07. The van der Waals surface area contributed by atoms with E-state index in [2.05, 4.69) is 0 Å². The van der Waals surface area contributed by atoms with Gasteiger partial charge in [0.15, 0.2) is 0 Å². The summed E-state index contributed by atoms with van der Waals surface area (Å²) >= 11 is 0. The summed E-state index contributed by atoms with van der Waals surface area (Å²) in [4.78, 5) is 2.38. The van der Waals surface area contributed by atoms with Gasteiger partial charge in [-0.15, -0.1) is 0 Å². The van der Waals surface area contributed by atoms with Gasteiger partial charge in [0.25, 0.3) is 0 Å². The molecule has 90 valence electrons. The van der Waals surface area contributed by atoms with Crippen molar-refractivity contribution in [2.45, 2.75) is 9.79 Å². The standard InChI is InChI=1S/C12H12N2S2.ClH/c13-9-1-5-11(6-2-9)15-16-12-7-3-10(14)4-8-12;/h1-8H,13-14H2;1H/p-1. The van der Waals surface area contributed by atoms with Gasteiger partial charge in [-0.1, -0.05) is 21.6 Å². The molecule has 0 bridgehead atoms. The third-order valence-electron chi connectivity index (χ3n) is 1.99. The van der Waals surface area contributed by atoms with Crippen LogP contribution < -0.4 is 23.9 Å². The molecule has 0 heterocycles. The summed E-state index contributed by atoms with van der Waals surface area (Å²) in [6.07, 6.45) is 0. The highest BCUT2D eigenvalue weighted by Gasteiger charge is 1.97. The van der Waals surface area contributed by atoms with Crippen LogP contribution in [0.2, 0.25) is 0 Å². The zero-order valence-electron chi connectivity index (χ0n) is 8.97. The van der Waals surface area contributed by atoms with Crippen molar-refractivity contribution >= 4 is 33.0 Å². The fraction of sp³-hybridized carbons (Fsp3) is 0. The first kappa shape index (κ1) is 14.1. The van der Waals surface area contributed by atoms with E-state index in [0.29, 0.717) is 0 Å². The molecule has 0 amide bonds. The molecule has 2 nitrogen and oxygen atoms in total. The molecule has 0 saturated heterocycles. The highest BCUT2D eigenvalue weighted by Crippen LogP contribution is 2.37. The lowest BCUT2D eigenvalue weighted by molar-refractivity contribution is -0.00000311. The van der Waals surface area contributed by atoms with Gasteiger partial charge in [0.1, 0.15) is 0 Å². The quantitative estimate of drug-likeness (QED) is 0.642. The first-order valence-corrected chi connectivity index (χ1v) is 6.94. The molecule has 2 aromatic rings. The summed E-state index contributed by atoms with van der Waals surface area (Å²) in [6, 6.07) is 15.7. The van der Waals surface area contributed by atoms with Crippen LogP contribution in [0.5, 0.6) is 0 Å². The second-order valence-electron chi connectivity index (χ2n) is 3.30. The summed E-state index contributed by atoms with van der Waals surface area (Å²) in [6.45, 7) is 0. The third-order valence-corrected chi connectivity index (χ3v) is 4.41. The van der Waals surface area contributed by atoms with Crippen molar-refractivity contribution in [2.24, 2.45) is 0 Å². The molecule has 0 aliphatic rings. The van der Waals surface area contributed by atoms with Crippen molar-refractivity contribution in [1.82, 2.24) is 0 Å². The largest absolute Gasteiger partial charge is 1.00 e. The molecule has 0 spiro atoms. The van der Waals surface area contributed by atoms with Crippen LogP contribution in [0.1, 0.15) is 0 Å². The number of hydrogen-bond acceptors (Lipinski definition) is 4. The van der Waals surface area contributed by atoms with Gasteiger partial charge in [-0.25, -0.2) is 0 Å². The van der Waals surface area contributed by atoms with E-state index < -0.39 is 0 Å². The molecule has 0 aromatic heterocycles. The first-order valence-electron chi connectivity index (χ1n) is 4.79. The van der Waals surface area contributed by atoms with Crippen LogP contribution in [0.4, 0.5) is 11.4 Å². The molecule has 0 radical (unpaired) electrons. The molecule has 0 atom stereocenters. The lowest BCUT2D eigenvalue weighted by Crippen LogP contribution is -3.00. The molecule has 0 aliphatic heterocycles. The summed E-state index contributed by atoms with van der Waals surface area (Å²) in [5, 5.41) is 0. The maximum atomic E-state index is 5.62. The maximum Gasteiger partial charge on any atom is 0.0314 e. The fourth-order valence-electron chi connectivity index (χ4n) is 1.14. The molecular weight excluding hydrogens is 272 g/mol. The topological polar surface area (TPSA) is 52.0 Å². The van der Waals surface area contributed by atoms with E-state index in [1.165, 1.54) is 9.79 Å². The van der Waals surface area contributed by atoms with E-state index in [1.54, 1.807) is 21.6 Å². The van der Waals surface area contributed by atoms with Gasteiger partial charge in [0.05, 0.1) is 0 Å². The zero-order chi connectivity index (χ0) is 11.4. The van der Waals surface area contributed by atoms with Gasteiger partial charge in [-0.05, 0) is 48.5 Å². The van der Waals surface area contributed by atoms with E-state index in [4.69, 9.17) is 11.5 Å². The average Bonchev–Trinajstić information content (AvgIpc) is 2.30. The van der Waals surface area contributed by atoms with Crippen molar-refractivity contribution in [1.29, 1.82) is 0 Å². The van der Waals surface area contributed by atoms with E-state index in [-0.39, 0.29) is 12.4 Å². The van der Waals surface area contributed by atoms with Crippen molar-refractivity contribution < 1.29 is 12.4 Å². The van der Waals surface area contributed by atoms with Crippen LogP contribution in [-0.2, 0) is 0 Å². The molecule has 2 aromatic carbocycles. The van der Waals surface area contributed by atoms with Gasteiger partial charge in [0, 0.05) is 21.2 Å². The molecule has 4 N–H and O–H groups in total. The Morgan fingerprint density at radius 2 is 0.882 bits per heavy atom. The van der Waals surface area contributed by atoms with Gasteiger partial charge >= 0.3 is 0 Å². The third kappa shape index (κ3) is 4.42. The summed E-state index contributed by atoms with van der Waals surface area (Å²) in [5.74, 6) is 0. The molecule has 0 saturated carbocycles. The molecule has 17 heavy (non-hydrogen) atoms. The Morgan fingerprint density at radius 3 is 1.18 bits per heavy atom. The number of nitrogens with two attached hydrogens (primary N) is 2. The van der Waals surface area contributed by atoms with Crippen LogP contribution in [0, 0.1) is 0 Å². The Bertz CT molecular complexity index is 411. The Labute approximate surface area is 115 Å². The predicted octanol–water partition coefficient (Wildman–Crippen LogP) is 0.654. The van der Waals surface area contributed by atoms with Gasteiger partial charge in [-0.2, -0.15) is 0 Å². The minimum absolute atomic E-state index is 0. The maximum absolute atomic E-state index is 5.62. The Balaban J connectivity index is 0.00000144. The van der Waals surface area contributed by atoms with Gasteiger partial charge in [-0.3, -0.25) is 0 Å². The molecule has 0 aliphatic carbocycles. The van der Waals surface area contributed by atoms with E-state index >= 15 is 0 Å². The number of rotatable bonds is 3. The normalized spacial score (nSPS) is 9.65. The summed E-state index contributed by atoms with van der Waals surface area (Å²) in [7, 11) is 3.42. The number of nitrogen functional groups attached to an aromatic ring is 2. The number of halogens is 1. The molecule has 0 fully saturated rings. The Hall–Kier alpha value is -0.970. The summed E-state index contributed by atoms with van der Waals surface area (Å²) < 4.78 is 0. The van der Waals surface area contributed by atoms with Crippen LogP contribution >= 0.6 is 21.6 Å². The van der Waals surface area contributed by atoms with E-state index in [1.807, 2.05) is 48.5 Å². The van der Waals surface area contributed by atoms with Crippen molar-refractivity contribution in [2.75, 3.05) is 11.5 Å². The van der Waals surface area contributed by atoms with Crippen molar-refractivity contribution in [3.05, 3.63) is 48.5 Å². The van der Waals surface area contributed by atoms with Crippen LogP contribution in [0.25, 0.3) is 0 Å². The van der Waals surface area contributed by atoms with Gasteiger partial charge in [0.2, 0.25) is 0 Å². The monoisotopic (exact) mass is 283 g/mol. The molecule has 0 unspecified atom stereocenters. The summed E-state index contributed by atoms with van der Waals surface area (Å²) in [5.41, 5.74) is 12.8. The first-order chi connectivity index (χ1) is 7.74. The highest BCUT2D eigenvalue weighted by atomic mass is 35.5. The number of anilines is 2. The average molecular weight is 284 g/mol. The molecule has 2 rings (SSSR count). The highest BCUT2D eigenvalue weighted by molar-refractivity contribution is 8.76. The van der Waals surface area contributed by atoms with E-state index in [0.717, 1.165) is 11.4 Å². The molecular formula is C12H12ClN2S2-. The Morgan fingerprint density at radius 1 is 0.588 bits per heavy atom. The van der Waals surface area contributed by atoms with Crippen molar-refractivity contribution in [3.8, 4) is 0 Å². The van der Waals surface area contributed by atoms with Gasteiger partial charge < -0.3 is 23.9 Å². The zero-order valence-corrected chi connectivity index (χ0v) is 11.4. The second kappa shape index (κ2) is 6.69. The molecule has 5 heteroatoms. The van der Waals surface area contributed by atoms with Crippen LogP contribution in [-0.4, -0.2) is 0 Å². The SMILES string of the molecule is Nc1ccc(SSc2ccc(N)cc2)cc1.[Cl-]. The van der Waals surface area contributed by atoms with Crippen molar-refractivity contribution in [3.63, 3.8) is 0 Å². The number of benzene rings is 2. The number of hydrogen-bond donors (Lipinski definition) is 2. The van der Waals surface area contributed by atoms with E-state index in [9.17, 15) is 0 Å². The Kier molecular flexibility index (Phi) is 5.55. The second-order valence-corrected chi connectivity index (χ2v) is 5.58. The predicted molar refractivity (Wildman–Crippen MR) is 73.4 cm³/mol. The minimum atomic E-state index is 0. The minimum Gasteiger partial charge on any atom is -1.00 e. The smallest absolute Gasteiger partial charge is 0.0314 e. The van der Waals surface area contributed by atoms with Crippen LogP contribution in [0.15, 0.2) is 58.3 Å². The lowest BCUT2D eigenvalue weighted by atomic mass is 10.3. The lowest BCUT2D eigenvalue weighted by Gasteiger charge is -2.02.